The smallest absolute Gasteiger partial charge is 0.121 e. The van der Waals surface area contributed by atoms with Gasteiger partial charge in [-0.3, -0.25) is 0 Å². The number of nitrogens with zero attached hydrogens (tertiary/aromatic N) is 2. The van der Waals surface area contributed by atoms with Gasteiger partial charge in [-0.25, -0.2) is 4.63 Å². The lowest BCUT2D eigenvalue weighted by atomic mass is 9.78. The molecule has 3 unspecified atom stereocenters. The zero-order valence-corrected chi connectivity index (χ0v) is 10.4. The van der Waals surface area contributed by atoms with E-state index in [9.17, 15) is 0 Å². The normalized spacial score (nSPS) is 30.6. The molecule has 1 heterocycles. The molecule has 2 rings (SSSR count). The summed E-state index contributed by atoms with van der Waals surface area (Å²) in [6, 6.07) is 0.611. The van der Waals surface area contributed by atoms with Crippen LogP contribution in [0.1, 0.15) is 44.5 Å². The third-order valence-corrected chi connectivity index (χ3v) is 3.98. The molecule has 1 aliphatic carbocycles. The van der Waals surface area contributed by atoms with Crippen LogP contribution in [-0.2, 0) is 6.54 Å². The number of hydrogen-bond donors (Lipinski definition) is 1. The molecule has 4 nitrogen and oxygen atoms in total. The summed E-state index contributed by atoms with van der Waals surface area (Å²) >= 11 is 0. The summed E-state index contributed by atoms with van der Waals surface area (Å²) in [5.74, 6) is 1.57. The van der Waals surface area contributed by atoms with Crippen LogP contribution in [0.25, 0.3) is 0 Å². The molecule has 16 heavy (non-hydrogen) atoms. The molecule has 1 aromatic heterocycles. The SMILES string of the molecule is Cc1nonc1CNC1CCCC(C)C1C. The van der Waals surface area contributed by atoms with Crippen molar-refractivity contribution in [1.29, 1.82) is 0 Å². The van der Waals surface area contributed by atoms with Gasteiger partial charge in [-0.1, -0.05) is 37.0 Å². The monoisotopic (exact) mass is 223 g/mol. The minimum atomic E-state index is 0.611. The van der Waals surface area contributed by atoms with Crippen molar-refractivity contribution < 1.29 is 4.63 Å². The first-order valence-corrected chi connectivity index (χ1v) is 6.20. The molecule has 1 aliphatic rings. The fourth-order valence-electron chi connectivity index (χ4n) is 2.51. The lowest BCUT2D eigenvalue weighted by molar-refractivity contribution is 0.204. The van der Waals surface area contributed by atoms with Crippen LogP contribution in [0.5, 0.6) is 0 Å². The molecule has 0 amide bonds. The van der Waals surface area contributed by atoms with Gasteiger partial charge in [0.05, 0.1) is 0 Å². The van der Waals surface area contributed by atoms with Crippen molar-refractivity contribution in [1.82, 2.24) is 15.6 Å². The van der Waals surface area contributed by atoms with Crippen molar-refractivity contribution >= 4 is 0 Å². The van der Waals surface area contributed by atoms with Crippen LogP contribution in [0, 0.1) is 18.8 Å². The standard InChI is InChI=1S/C12H21N3O/c1-8-5-4-6-11(9(8)2)13-7-12-10(3)14-16-15-12/h8-9,11,13H,4-7H2,1-3H3. The van der Waals surface area contributed by atoms with Gasteiger partial charge < -0.3 is 5.32 Å². The summed E-state index contributed by atoms with van der Waals surface area (Å²) in [4.78, 5) is 0. The number of rotatable bonds is 3. The first-order valence-electron chi connectivity index (χ1n) is 6.20. The average Bonchev–Trinajstić information content (AvgIpc) is 2.67. The lowest BCUT2D eigenvalue weighted by Gasteiger charge is -2.34. The molecule has 3 atom stereocenters. The molecule has 0 saturated heterocycles. The van der Waals surface area contributed by atoms with Gasteiger partial charge in [0.1, 0.15) is 11.4 Å². The summed E-state index contributed by atoms with van der Waals surface area (Å²) in [7, 11) is 0. The molecule has 0 spiro atoms. The Bertz CT molecular complexity index is 337. The van der Waals surface area contributed by atoms with Crippen LogP contribution in [0.4, 0.5) is 0 Å². The van der Waals surface area contributed by atoms with Crippen LogP contribution < -0.4 is 5.32 Å². The molecule has 1 aromatic rings. The minimum Gasteiger partial charge on any atom is -0.308 e. The van der Waals surface area contributed by atoms with E-state index < -0.39 is 0 Å². The second kappa shape index (κ2) is 4.95. The Morgan fingerprint density at radius 2 is 2.12 bits per heavy atom. The summed E-state index contributed by atoms with van der Waals surface area (Å²) in [6.45, 7) is 7.40. The molecule has 1 N–H and O–H groups in total. The molecule has 0 aliphatic heterocycles. The van der Waals surface area contributed by atoms with Gasteiger partial charge in [-0.05, 0) is 25.2 Å². The number of nitrogens with one attached hydrogen (secondary N) is 1. The highest BCUT2D eigenvalue weighted by Gasteiger charge is 2.26. The van der Waals surface area contributed by atoms with Gasteiger partial charge in [0.25, 0.3) is 0 Å². The quantitative estimate of drug-likeness (QED) is 0.854. The van der Waals surface area contributed by atoms with E-state index in [1.807, 2.05) is 6.92 Å². The zero-order chi connectivity index (χ0) is 11.5. The molecule has 0 radical (unpaired) electrons. The summed E-state index contributed by atoms with van der Waals surface area (Å²) in [6.07, 6.45) is 3.97. The lowest BCUT2D eigenvalue weighted by Crippen LogP contribution is -2.40. The van der Waals surface area contributed by atoms with Crippen molar-refractivity contribution in [3.05, 3.63) is 11.4 Å². The second-order valence-corrected chi connectivity index (χ2v) is 5.05. The summed E-state index contributed by atoms with van der Waals surface area (Å²) in [5.41, 5.74) is 1.83. The Labute approximate surface area is 96.8 Å². The first kappa shape index (κ1) is 11.6. The van der Waals surface area contributed by atoms with Gasteiger partial charge in [0.2, 0.25) is 0 Å². The summed E-state index contributed by atoms with van der Waals surface area (Å²) in [5, 5.41) is 11.3. The molecule has 0 bridgehead atoms. The largest absolute Gasteiger partial charge is 0.308 e. The first-order chi connectivity index (χ1) is 7.68. The van der Waals surface area contributed by atoms with Crippen molar-refractivity contribution in [2.75, 3.05) is 0 Å². The fourth-order valence-corrected chi connectivity index (χ4v) is 2.51. The maximum Gasteiger partial charge on any atom is 0.121 e. The number of aromatic nitrogens is 2. The van der Waals surface area contributed by atoms with E-state index in [2.05, 4.69) is 29.5 Å². The Morgan fingerprint density at radius 1 is 1.31 bits per heavy atom. The van der Waals surface area contributed by atoms with E-state index in [0.29, 0.717) is 6.04 Å². The van der Waals surface area contributed by atoms with Crippen LogP contribution in [-0.4, -0.2) is 16.4 Å². The van der Waals surface area contributed by atoms with E-state index in [-0.39, 0.29) is 0 Å². The Balaban J connectivity index is 1.88. The highest BCUT2D eigenvalue weighted by molar-refractivity contribution is 5.04. The van der Waals surface area contributed by atoms with Crippen molar-refractivity contribution in [2.24, 2.45) is 11.8 Å². The van der Waals surface area contributed by atoms with Crippen LogP contribution >= 0.6 is 0 Å². The van der Waals surface area contributed by atoms with Gasteiger partial charge in [-0.2, -0.15) is 0 Å². The molecular formula is C12H21N3O. The highest BCUT2D eigenvalue weighted by Crippen LogP contribution is 2.29. The summed E-state index contributed by atoms with van der Waals surface area (Å²) < 4.78 is 4.69. The minimum absolute atomic E-state index is 0.611. The predicted octanol–water partition coefficient (Wildman–Crippen LogP) is 2.29. The van der Waals surface area contributed by atoms with Gasteiger partial charge in [0.15, 0.2) is 0 Å². The van der Waals surface area contributed by atoms with E-state index in [1.165, 1.54) is 19.3 Å². The van der Waals surface area contributed by atoms with Gasteiger partial charge >= 0.3 is 0 Å². The molecule has 90 valence electrons. The molecular weight excluding hydrogens is 202 g/mol. The Hall–Kier alpha value is -0.900. The van der Waals surface area contributed by atoms with Gasteiger partial charge in [-0.15, -0.1) is 0 Å². The van der Waals surface area contributed by atoms with Crippen molar-refractivity contribution in [2.45, 2.75) is 52.6 Å². The Morgan fingerprint density at radius 3 is 2.81 bits per heavy atom. The molecule has 4 heteroatoms. The zero-order valence-electron chi connectivity index (χ0n) is 10.4. The topological polar surface area (TPSA) is 51.0 Å². The van der Waals surface area contributed by atoms with Gasteiger partial charge in [0, 0.05) is 12.6 Å². The third kappa shape index (κ3) is 2.43. The Kier molecular flexibility index (Phi) is 3.59. The predicted molar refractivity (Wildman–Crippen MR) is 61.8 cm³/mol. The maximum atomic E-state index is 4.69. The highest BCUT2D eigenvalue weighted by atomic mass is 16.6. The number of hydrogen-bond acceptors (Lipinski definition) is 4. The van der Waals surface area contributed by atoms with Crippen molar-refractivity contribution in [3.63, 3.8) is 0 Å². The second-order valence-electron chi connectivity index (χ2n) is 5.05. The van der Waals surface area contributed by atoms with E-state index in [4.69, 9.17) is 4.63 Å². The van der Waals surface area contributed by atoms with E-state index >= 15 is 0 Å². The van der Waals surface area contributed by atoms with Crippen molar-refractivity contribution in [3.8, 4) is 0 Å². The van der Waals surface area contributed by atoms with E-state index in [1.54, 1.807) is 0 Å². The molecule has 1 saturated carbocycles. The average molecular weight is 223 g/mol. The number of aryl methyl sites for hydroxylation is 1. The third-order valence-electron chi connectivity index (χ3n) is 3.98. The fraction of sp³-hybridized carbons (Fsp3) is 0.833. The van der Waals surface area contributed by atoms with Crippen LogP contribution in [0.15, 0.2) is 4.63 Å². The molecule has 0 aromatic carbocycles. The maximum absolute atomic E-state index is 4.69. The van der Waals surface area contributed by atoms with Crippen LogP contribution in [0.2, 0.25) is 0 Å². The molecule has 1 fully saturated rings. The van der Waals surface area contributed by atoms with E-state index in [0.717, 1.165) is 29.8 Å². The van der Waals surface area contributed by atoms with Crippen LogP contribution in [0.3, 0.4) is 0 Å².